The van der Waals surface area contributed by atoms with Crippen molar-refractivity contribution in [3.8, 4) is 0 Å². The molecule has 0 heterocycles. The maximum atomic E-state index is 5.86. The van der Waals surface area contributed by atoms with Gasteiger partial charge in [0.05, 0.1) is 33.0 Å². The third-order valence-electron chi connectivity index (χ3n) is 2.87. The normalized spacial score (nSPS) is 12.6. The van der Waals surface area contributed by atoms with Gasteiger partial charge in [-0.05, 0) is 24.6 Å². The Morgan fingerprint density at radius 1 is 1.00 bits per heavy atom. The second kappa shape index (κ2) is 11.1. The SMILES string of the molecule is COCCOCCOCCN[C@H](C)c1ccc(Cl)cc1. The zero-order chi connectivity index (χ0) is 14.6. The summed E-state index contributed by atoms with van der Waals surface area (Å²) in [7, 11) is 1.66. The highest BCUT2D eigenvalue weighted by atomic mass is 35.5. The molecular formula is C15H24ClNO3. The molecule has 1 aromatic carbocycles. The molecule has 20 heavy (non-hydrogen) atoms. The van der Waals surface area contributed by atoms with Gasteiger partial charge in [-0.2, -0.15) is 0 Å². The standard InChI is InChI=1S/C15H24ClNO3/c1-13(14-3-5-15(16)6-4-14)17-7-8-19-11-12-20-10-9-18-2/h3-6,13,17H,7-12H2,1-2H3/t13-/m1/s1. The molecule has 0 amide bonds. The molecule has 0 saturated carbocycles. The molecule has 0 unspecified atom stereocenters. The lowest BCUT2D eigenvalue weighted by molar-refractivity contribution is 0.0253. The first-order valence-electron chi connectivity index (χ1n) is 6.87. The Bertz CT molecular complexity index is 345. The van der Waals surface area contributed by atoms with Gasteiger partial charge in [0.15, 0.2) is 0 Å². The minimum absolute atomic E-state index is 0.286. The van der Waals surface area contributed by atoms with E-state index in [9.17, 15) is 0 Å². The molecule has 1 N–H and O–H groups in total. The first kappa shape index (κ1) is 17.4. The van der Waals surface area contributed by atoms with Crippen LogP contribution < -0.4 is 5.32 Å². The minimum Gasteiger partial charge on any atom is -0.382 e. The fraction of sp³-hybridized carbons (Fsp3) is 0.600. The van der Waals surface area contributed by atoms with E-state index < -0.39 is 0 Å². The molecule has 0 aliphatic heterocycles. The van der Waals surface area contributed by atoms with Crippen molar-refractivity contribution in [2.45, 2.75) is 13.0 Å². The van der Waals surface area contributed by atoms with E-state index in [1.54, 1.807) is 7.11 Å². The van der Waals surface area contributed by atoms with Crippen LogP contribution in [0.5, 0.6) is 0 Å². The molecule has 0 fully saturated rings. The van der Waals surface area contributed by atoms with Crippen LogP contribution in [0.3, 0.4) is 0 Å². The average Bonchev–Trinajstić information content (AvgIpc) is 2.46. The van der Waals surface area contributed by atoms with Gasteiger partial charge in [0.2, 0.25) is 0 Å². The lowest BCUT2D eigenvalue weighted by Crippen LogP contribution is -2.24. The number of nitrogens with one attached hydrogen (secondary N) is 1. The fourth-order valence-electron chi connectivity index (χ4n) is 1.68. The highest BCUT2D eigenvalue weighted by molar-refractivity contribution is 6.30. The van der Waals surface area contributed by atoms with Crippen molar-refractivity contribution in [2.24, 2.45) is 0 Å². The van der Waals surface area contributed by atoms with Crippen LogP contribution in [0.25, 0.3) is 0 Å². The highest BCUT2D eigenvalue weighted by Crippen LogP contribution is 2.15. The molecule has 5 heteroatoms. The van der Waals surface area contributed by atoms with Crippen LogP contribution in [0, 0.1) is 0 Å². The number of rotatable bonds is 11. The Morgan fingerprint density at radius 2 is 1.60 bits per heavy atom. The number of benzene rings is 1. The Labute approximate surface area is 126 Å². The van der Waals surface area contributed by atoms with Crippen LogP contribution in [0.4, 0.5) is 0 Å². The van der Waals surface area contributed by atoms with Crippen LogP contribution in [0.1, 0.15) is 18.5 Å². The molecule has 0 aromatic heterocycles. The number of hydrogen-bond donors (Lipinski definition) is 1. The van der Waals surface area contributed by atoms with E-state index in [1.807, 2.05) is 24.3 Å². The summed E-state index contributed by atoms with van der Waals surface area (Å²) in [5.41, 5.74) is 1.22. The summed E-state index contributed by atoms with van der Waals surface area (Å²) in [6.45, 7) is 6.06. The molecule has 1 rings (SSSR count). The van der Waals surface area contributed by atoms with Gasteiger partial charge in [-0.1, -0.05) is 23.7 Å². The van der Waals surface area contributed by atoms with Crippen molar-refractivity contribution in [1.29, 1.82) is 0 Å². The molecular weight excluding hydrogens is 278 g/mol. The van der Waals surface area contributed by atoms with Gasteiger partial charge in [-0.3, -0.25) is 0 Å². The molecule has 114 valence electrons. The monoisotopic (exact) mass is 301 g/mol. The molecule has 1 aromatic rings. The van der Waals surface area contributed by atoms with Crippen LogP contribution in [0.15, 0.2) is 24.3 Å². The van der Waals surface area contributed by atoms with Crippen LogP contribution in [0.2, 0.25) is 5.02 Å². The average molecular weight is 302 g/mol. The largest absolute Gasteiger partial charge is 0.382 e. The van der Waals surface area contributed by atoms with E-state index >= 15 is 0 Å². The van der Waals surface area contributed by atoms with Gasteiger partial charge in [0.1, 0.15) is 0 Å². The summed E-state index contributed by atoms with van der Waals surface area (Å²) in [4.78, 5) is 0. The summed E-state index contributed by atoms with van der Waals surface area (Å²) in [6, 6.07) is 8.16. The minimum atomic E-state index is 0.286. The summed E-state index contributed by atoms with van der Waals surface area (Å²) < 4.78 is 15.6. The molecule has 0 aliphatic carbocycles. The van der Waals surface area contributed by atoms with E-state index in [1.165, 1.54) is 5.56 Å². The predicted octanol–water partition coefficient (Wildman–Crippen LogP) is 2.67. The number of halogens is 1. The first-order chi connectivity index (χ1) is 9.74. The zero-order valence-electron chi connectivity index (χ0n) is 12.2. The third kappa shape index (κ3) is 7.82. The van der Waals surface area contributed by atoms with E-state index in [0.717, 1.165) is 11.6 Å². The summed E-state index contributed by atoms with van der Waals surface area (Å²) in [5.74, 6) is 0. The van der Waals surface area contributed by atoms with Gasteiger partial charge < -0.3 is 19.5 Å². The smallest absolute Gasteiger partial charge is 0.0701 e. The lowest BCUT2D eigenvalue weighted by atomic mass is 10.1. The molecule has 0 saturated heterocycles. The maximum Gasteiger partial charge on any atom is 0.0701 e. The molecule has 0 aliphatic rings. The van der Waals surface area contributed by atoms with Crippen molar-refractivity contribution >= 4 is 11.6 Å². The fourth-order valence-corrected chi connectivity index (χ4v) is 1.81. The van der Waals surface area contributed by atoms with Crippen molar-refractivity contribution in [3.63, 3.8) is 0 Å². The van der Waals surface area contributed by atoms with Gasteiger partial charge in [0, 0.05) is 24.7 Å². The zero-order valence-corrected chi connectivity index (χ0v) is 13.0. The van der Waals surface area contributed by atoms with Crippen LogP contribution in [-0.2, 0) is 14.2 Å². The number of methoxy groups -OCH3 is 1. The van der Waals surface area contributed by atoms with E-state index in [0.29, 0.717) is 33.0 Å². The lowest BCUT2D eigenvalue weighted by Gasteiger charge is -2.14. The van der Waals surface area contributed by atoms with Gasteiger partial charge in [0.25, 0.3) is 0 Å². The second-order valence-electron chi connectivity index (χ2n) is 4.44. The van der Waals surface area contributed by atoms with Gasteiger partial charge >= 0.3 is 0 Å². The van der Waals surface area contributed by atoms with Crippen molar-refractivity contribution in [2.75, 3.05) is 46.7 Å². The van der Waals surface area contributed by atoms with Gasteiger partial charge in [-0.25, -0.2) is 0 Å². The highest BCUT2D eigenvalue weighted by Gasteiger charge is 2.03. The second-order valence-corrected chi connectivity index (χ2v) is 4.88. The first-order valence-corrected chi connectivity index (χ1v) is 7.25. The van der Waals surface area contributed by atoms with Crippen molar-refractivity contribution in [3.05, 3.63) is 34.9 Å². The summed E-state index contributed by atoms with van der Waals surface area (Å²) >= 11 is 5.86. The maximum absolute atomic E-state index is 5.86. The van der Waals surface area contributed by atoms with E-state index in [4.69, 9.17) is 25.8 Å². The predicted molar refractivity (Wildman–Crippen MR) is 81.4 cm³/mol. The molecule has 4 nitrogen and oxygen atoms in total. The van der Waals surface area contributed by atoms with Crippen molar-refractivity contribution < 1.29 is 14.2 Å². The van der Waals surface area contributed by atoms with Crippen LogP contribution >= 0.6 is 11.6 Å². The molecule has 0 radical (unpaired) electrons. The third-order valence-corrected chi connectivity index (χ3v) is 3.12. The number of ether oxygens (including phenoxy) is 3. The molecule has 0 spiro atoms. The Hall–Kier alpha value is -0.650. The Morgan fingerprint density at radius 3 is 2.25 bits per heavy atom. The van der Waals surface area contributed by atoms with Crippen molar-refractivity contribution in [1.82, 2.24) is 5.32 Å². The Balaban J connectivity index is 1.99. The van der Waals surface area contributed by atoms with E-state index in [-0.39, 0.29) is 6.04 Å². The number of hydrogen-bond acceptors (Lipinski definition) is 4. The van der Waals surface area contributed by atoms with E-state index in [2.05, 4.69) is 12.2 Å². The Kier molecular flexibility index (Phi) is 9.62. The molecule has 0 bridgehead atoms. The topological polar surface area (TPSA) is 39.7 Å². The van der Waals surface area contributed by atoms with Gasteiger partial charge in [-0.15, -0.1) is 0 Å². The molecule has 1 atom stereocenters. The quantitative estimate of drug-likeness (QED) is 0.638. The summed E-state index contributed by atoms with van der Waals surface area (Å²) in [6.07, 6.45) is 0. The van der Waals surface area contributed by atoms with Crippen LogP contribution in [-0.4, -0.2) is 46.7 Å². The summed E-state index contributed by atoms with van der Waals surface area (Å²) in [5, 5.41) is 4.16.